The summed E-state index contributed by atoms with van der Waals surface area (Å²) < 4.78 is 6.34. The molecule has 3 heteroatoms. The summed E-state index contributed by atoms with van der Waals surface area (Å²) >= 11 is 3.49. The third-order valence-electron chi connectivity index (χ3n) is 4.26. The molecule has 122 valence electrons. The fraction of sp³-hybridized carbons (Fsp3) is 0.0455. The average molecular weight is 390 g/mol. The molecule has 0 aliphatic rings. The predicted octanol–water partition coefficient (Wildman–Crippen LogP) is 6.34. The van der Waals surface area contributed by atoms with Gasteiger partial charge >= 0.3 is 0 Å². The number of hydrogen-bond donors (Lipinski definition) is 0. The number of nitrogens with zero attached hydrogens (tertiary/aromatic N) is 1. The van der Waals surface area contributed by atoms with E-state index in [1.165, 1.54) is 5.56 Å². The van der Waals surface area contributed by atoms with Crippen molar-refractivity contribution in [3.8, 4) is 28.1 Å². The Morgan fingerprint density at radius 1 is 0.800 bits per heavy atom. The molecule has 0 amide bonds. The third kappa shape index (κ3) is 3.15. The van der Waals surface area contributed by atoms with Crippen molar-refractivity contribution in [2.45, 2.75) is 0 Å². The van der Waals surface area contributed by atoms with Gasteiger partial charge in [0.2, 0.25) is 0 Å². The zero-order valence-electron chi connectivity index (χ0n) is 13.7. The van der Waals surface area contributed by atoms with Crippen LogP contribution in [0.15, 0.2) is 83.3 Å². The van der Waals surface area contributed by atoms with Crippen molar-refractivity contribution in [1.82, 2.24) is 4.98 Å². The average Bonchev–Trinajstić information content (AvgIpc) is 2.68. The van der Waals surface area contributed by atoms with E-state index in [4.69, 9.17) is 9.72 Å². The number of methoxy groups -OCH3 is 1. The Morgan fingerprint density at radius 2 is 1.48 bits per heavy atom. The summed E-state index contributed by atoms with van der Waals surface area (Å²) in [6.45, 7) is 0. The summed E-state index contributed by atoms with van der Waals surface area (Å²) in [4.78, 5) is 4.86. The van der Waals surface area contributed by atoms with Crippen molar-refractivity contribution in [3.05, 3.63) is 83.3 Å². The molecule has 4 aromatic rings. The fourth-order valence-corrected chi connectivity index (χ4v) is 3.22. The molecule has 0 unspecified atom stereocenters. The second-order valence-electron chi connectivity index (χ2n) is 5.81. The lowest BCUT2D eigenvalue weighted by Gasteiger charge is -2.11. The van der Waals surface area contributed by atoms with Gasteiger partial charge in [0.15, 0.2) is 0 Å². The number of benzene rings is 3. The minimum atomic E-state index is 0.857. The van der Waals surface area contributed by atoms with Crippen LogP contribution < -0.4 is 4.74 Å². The molecule has 3 aromatic carbocycles. The maximum absolute atomic E-state index is 5.28. The van der Waals surface area contributed by atoms with Crippen molar-refractivity contribution in [1.29, 1.82) is 0 Å². The van der Waals surface area contributed by atoms with E-state index in [0.717, 1.165) is 37.9 Å². The van der Waals surface area contributed by atoms with Crippen LogP contribution in [0.3, 0.4) is 0 Å². The monoisotopic (exact) mass is 389 g/mol. The second-order valence-corrected chi connectivity index (χ2v) is 6.72. The summed E-state index contributed by atoms with van der Waals surface area (Å²) in [6.07, 6.45) is 0. The lowest BCUT2D eigenvalue weighted by molar-refractivity contribution is 0.415. The van der Waals surface area contributed by atoms with Gasteiger partial charge in [-0.3, -0.25) is 0 Å². The molecular weight excluding hydrogens is 374 g/mol. The van der Waals surface area contributed by atoms with E-state index in [2.05, 4.69) is 64.5 Å². The van der Waals surface area contributed by atoms with Crippen LogP contribution in [0.1, 0.15) is 0 Å². The zero-order chi connectivity index (χ0) is 17.2. The highest BCUT2D eigenvalue weighted by Gasteiger charge is 2.09. The van der Waals surface area contributed by atoms with Crippen LogP contribution in [0, 0.1) is 0 Å². The zero-order valence-corrected chi connectivity index (χ0v) is 15.3. The van der Waals surface area contributed by atoms with Crippen molar-refractivity contribution in [2.24, 2.45) is 0 Å². The SMILES string of the molecule is COc1ccc(-c2cc(-c3ccc(Br)cc3)nc3ccccc23)cc1. The lowest BCUT2D eigenvalue weighted by Crippen LogP contribution is -1.90. The van der Waals surface area contributed by atoms with Crippen LogP contribution in [0.2, 0.25) is 0 Å². The van der Waals surface area contributed by atoms with Crippen LogP contribution in [-0.4, -0.2) is 12.1 Å². The third-order valence-corrected chi connectivity index (χ3v) is 4.79. The van der Waals surface area contributed by atoms with Crippen molar-refractivity contribution in [2.75, 3.05) is 7.11 Å². The molecule has 4 rings (SSSR count). The largest absolute Gasteiger partial charge is 0.497 e. The first kappa shape index (κ1) is 15.9. The summed E-state index contributed by atoms with van der Waals surface area (Å²) in [5.41, 5.74) is 5.39. The van der Waals surface area contributed by atoms with Crippen molar-refractivity contribution in [3.63, 3.8) is 0 Å². The summed E-state index contributed by atoms with van der Waals surface area (Å²) in [5, 5.41) is 1.15. The minimum absolute atomic E-state index is 0.857. The Labute approximate surface area is 155 Å². The summed E-state index contributed by atoms with van der Waals surface area (Å²) in [7, 11) is 1.68. The van der Waals surface area contributed by atoms with Gasteiger partial charge in [0.25, 0.3) is 0 Å². The van der Waals surface area contributed by atoms with Gasteiger partial charge in [-0.2, -0.15) is 0 Å². The molecule has 0 spiro atoms. The Bertz CT molecular complexity index is 1020. The number of aromatic nitrogens is 1. The van der Waals surface area contributed by atoms with E-state index in [1.807, 2.05) is 30.3 Å². The minimum Gasteiger partial charge on any atom is -0.497 e. The van der Waals surface area contributed by atoms with Gasteiger partial charge in [-0.25, -0.2) is 4.98 Å². The van der Waals surface area contributed by atoms with Crippen LogP contribution in [0.25, 0.3) is 33.3 Å². The number of rotatable bonds is 3. The van der Waals surface area contributed by atoms with Gasteiger partial charge in [-0.1, -0.05) is 58.4 Å². The van der Waals surface area contributed by atoms with E-state index >= 15 is 0 Å². The number of para-hydroxylation sites is 1. The molecule has 0 fully saturated rings. The quantitative estimate of drug-likeness (QED) is 0.407. The van der Waals surface area contributed by atoms with Crippen LogP contribution in [0.5, 0.6) is 5.75 Å². The first-order valence-corrected chi connectivity index (χ1v) is 8.84. The molecule has 0 radical (unpaired) electrons. The maximum atomic E-state index is 5.28. The number of hydrogen-bond acceptors (Lipinski definition) is 2. The lowest BCUT2D eigenvalue weighted by atomic mass is 9.98. The molecule has 0 N–H and O–H groups in total. The highest BCUT2D eigenvalue weighted by Crippen LogP contribution is 2.33. The molecule has 0 aliphatic carbocycles. The first-order valence-electron chi connectivity index (χ1n) is 8.05. The standard InChI is InChI=1S/C22H16BrNO/c1-25-18-12-8-15(9-13-18)20-14-22(16-6-10-17(23)11-7-16)24-21-5-3-2-4-19(20)21/h2-14H,1H3. The molecule has 0 saturated carbocycles. The van der Waals surface area contributed by atoms with Crippen LogP contribution in [0.4, 0.5) is 0 Å². The Hall–Kier alpha value is -2.65. The van der Waals surface area contributed by atoms with E-state index in [-0.39, 0.29) is 0 Å². The van der Waals surface area contributed by atoms with Gasteiger partial charge in [0.1, 0.15) is 5.75 Å². The summed E-state index contributed by atoms with van der Waals surface area (Å²) in [5.74, 6) is 0.857. The number of pyridine rings is 1. The number of ether oxygens (including phenoxy) is 1. The van der Waals surface area contributed by atoms with E-state index in [9.17, 15) is 0 Å². The molecule has 1 aromatic heterocycles. The smallest absolute Gasteiger partial charge is 0.118 e. The van der Waals surface area contributed by atoms with Gasteiger partial charge in [-0.15, -0.1) is 0 Å². The first-order chi connectivity index (χ1) is 12.2. The van der Waals surface area contributed by atoms with Crippen LogP contribution >= 0.6 is 15.9 Å². The number of fused-ring (bicyclic) bond motifs is 1. The second kappa shape index (κ2) is 6.69. The van der Waals surface area contributed by atoms with Crippen LogP contribution in [-0.2, 0) is 0 Å². The highest BCUT2D eigenvalue weighted by molar-refractivity contribution is 9.10. The van der Waals surface area contributed by atoms with E-state index < -0.39 is 0 Å². The van der Waals surface area contributed by atoms with Gasteiger partial charge < -0.3 is 4.74 Å². The molecule has 0 saturated heterocycles. The predicted molar refractivity (Wildman–Crippen MR) is 107 cm³/mol. The normalized spacial score (nSPS) is 10.8. The van der Waals surface area contributed by atoms with E-state index in [1.54, 1.807) is 7.11 Å². The number of halogens is 1. The molecule has 2 nitrogen and oxygen atoms in total. The topological polar surface area (TPSA) is 22.1 Å². The van der Waals surface area contributed by atoms with Crippen molar-refractivity contribution < 1.29 is 4.74 Å². The summed E-state index contributed by atoms with van der Waals surface area (Å²) in [6, 6.07) is 26.8. The maximum Gasteiger partial charge on any atom is 0.118 e. The van der Waals surface area contributed by atoms with Gasteiger partial charge in [0, 0.05) is 15.4 Å². The Balaban J connectivity index is 1.93. The molecule has 0 atom stereocenters. The highest BCUT2D eigenvalue weighted by atomic mass is 79.9. The molecule has 1 heterocycles. The van der Waals surface area contributed by atoms with Gasteiger partial charge in [-0.05, 0) is 47.5 Å². The molecule has 25 heavy (non-hydrogen) atoms. The Kier molecular flexibility index (Phi) is 4.24. The molecular formula is C22H16BrNO. The fourth-order valence-electron chi connectivity index (χ4n) is 2.95. The van der Waals surface area contributed by atoms with E-state index in [0.29, 0.717) is 0 Å². The van der Waals surface area contributed by atoms with Crippen molar-refractivity contribution >= 4 is 26.8 Å². The van der Waals surface area contributed by atoms with Gasteiger partial charge in [0.05, 0.1) is 18.3 Å². The molecule has 0 aliphatic heterocycles. The molecule has 0 bridgehead atoms. The Morgan fingerprint density at radius 3 is 2.20 bits per heavy atom.